The van der Waals surface area contributed by atoms with Crippen LogP contribution in [0.2, 0.25) is 0 Å². The van der Waals surface area contributed by atoms with E-state index in [0.717, 1.165) is 25.9 Å². The van der Waals surface area contributed by atoms with Gasteiger partial charge in [-0.3, -0.25) is 4.79 Å². The van der Waals surface area contributed by atoms with E-state index in [2.05, 4.69) is 11.9 Å². The van der Waals surface area contributed by atoms with Crippen LogP contribution in [0.5, 0.6) is 0 Å². The van der Waals surface area contributed by atoms with Crippen molar-refractivity contribution in [3.63, 3.8) is 0 Å². The Hall–Kier alpha value is -1.88. The van der Waals surface area contributed by atoms with E-state index in [4.69, 9.17) is 4.42 Å². The largest absolute Gasteiger partial charge is 0.478 e. The van der Waals surface area contributed by atoms with E-state index < -0.39 is 5.97 Å². The Balaban J connectivity index is 1.80. The van der Waals surface area contributed by atoms with Gasteiger partial charge in [0.1, 0.15) is 16.7 Å². The molecule has 2 aromatic rings. The van der Waals surface area contributed by atoms with Crippen molar-refractivity contribution in [1.29, 1.82) is 0 Å². The number of carbonyl (C=O) groups excluding carboxylic acids is 1. The first kappa shape index (κ1) is 13.1. The Morgan fingerprint density at radius 2 is 1.85 bits per heavy atom. The normalized spacial score (nSPS) is 17.9. The number of aromatic carboxylic acids is 1. The van der Waals surface area contributed by atoms with Gasteiger partial charge < -0.3 is 14.4 Å². The van der Waals surface area contributed by atoms with Gasteiger partial charge in [-0.2, -0.15) is 0 Å². The van der Waals surface area contributed by atoms with Crippen molar-refractivity contribution in [2.24, 2.45) is 5.92 Å². The van der Waals surface area contributed by atoms with Crippen molar-refractivity contribution in [2.45, 2.75) is 19.3 Å². The number of furan rings is 2. The highest BCUT2D eigenvalue weighted by Gasteiger charge is 2.29. The summed E-state index contributed by atoms with van der Waals surface area (Å²) in [6.45, 7) is 1.99. The third-order valence-electron chi connectivity index (χ3n) is 4.15. The molecule has 3 rings (SSSR count). The molecule has 0 spiro atoms. The number of carboxylic acid groups (broad SMARTS) is 1. The molecule has 0 amide bonds. The fraction of sp³-hybridized carbons (Fsp3) is 0.467. The molecule has 0 saturated carbocycles. The van der Waals surface area contributed by atoms with Crippen LogP contribution >= 0.6 is 0 Å². The predicted octanol–water partition coefficient (Wildman–Crippen LogP) is 2.48. The van der Waals surface area contributed by atoms with Gasteiger partial charge in [-0.1, -0.05) is 0 Å². The van der Waals surface area contributed by atoms with Crippen LogP contribution in [0.3, 0.4) is 0 Å². The lowest BCUT2D eigenvalue weighted by Crippen LogP contribution is -2.31. The van der Waals surface area contributed by atoms with Gasteiger partial charge in [0.2, 0.25) is 0 Å². The first-order valence-electron chi connectivity index (χ1n) is 6.86. The number of hydrogen-bond acceptors (Lipinski definition) is 4. The Kier molecular flexibility index (Phi) is 3.22. The van der Waals surface area contributed by atoms with Gasteiger partial charge in [0.15, 0.2) is 5.78 Å². The minimum atomic E-state index is -1.09. The second kappa shape index (κ2) is 4.90. The van der Waals surface area contributed by atoms with Crippen molar-refractivity contribution in [3.05, 3.63) is 23.3 Å². The van der Waals surface area contributed by atoms with E-state index in [1.807, 2.05) is 0 Å². The highest BCUT2D eigenvalue weighted by Crippen LogP contribution is 2.31. The van der Waals surface area contributed by atoms with Gasteiger partial charge in [-0.15, -0.1) is 0 Å². The second-order valence-corrected chi connectivity index (χ2v) is 5.59. The first-order chi connectivity index (χ1) is 9.56. The molecule has 0 aromatic carbocycles. The van der Waals surface area contributed by atoms with Crippen molar-refractivity contribution >= 4 is 22.9 Å². The molecular formula is C15H17NO4. The Bertz CT molecular complexity index is 637. The summed E-state index contributed by atoms with van der Waals surface area (Å²) < 4.78 is 5.32. The van der Waals surface area contributed by atoms with E-state index in [9.17, 15) is 14.7 Å². The van der Waals surface area contributed by atoms with Crippen molar-refractivity contribution in [1.82, 2.24) is 4.90 Å². The molecule has 1 fully saturated rings. The van der Waals surface area contributed by atoms with Crippen LogP contribution in [-0.2, 0) is 0 Å². The summed E-state index contributed by atoms with van der Waals surface area (Å²) in [4.78, 5) is 25.9. The van der Waals surface area contributed by atoms with Crippen LogP contribution in [0.4, 0.5) is 0 Å². The lowest BCUT2D eigenvalue weighted by atomic mass is 9.89. The SMILES string of the molecule is CN1CCC(CC(=O)c2c(C(=O)O)c3ccc2o3)CC1. The topological polar surface area (TPSA) is 70.8 Å². The zero-order valence-corrected chi connectivity index (χ0v) is 11.4. The molecule has 0 radical (unpaired) electrons. The summed E-state index contributed by atoms with van der Waals surface area (Å²) in [5.41, 5.74) is 0.976. The first-order valence-corrected chi connectivity index (χ1v) is 6.86. The second-order valence-electron chi connectivity index (χ2n) is 5.59. The van der Waals surface area contributed by atoms with E-state index in [1.165, 1.54) is 0 Å². The minimum Gasteiger partial charge on any atom is -0.478 e. The molecule has 2 aromatic heterocycles. The van der Waals surface area contributed by atoms with E-state index >= 15 is 0 Å². The van der Waals surface area contributed by atoms with Crippen LogP contribution in [0.25, 0.3) is 11.2 Å². The Morgan fingerprint density at radius 1 is 1.25 bits per heavy atom. The number of rotatable bonds is 4. The summed E-state index contributed by atoms with van der Waals surface area (Å²) in [5.74, 6) is -0.854. The van der Waals surface area contributed by atoms with Gasteiger partial charge >= 0.3 is 5.97 Å². The molecular weight excluding hydrogens is 258 g/mol. The number of carboxylic acids is 1. The molecule has 0 atom stereocenters. The maximum atomic E-state index is 12.4. The third-order valence-corrected chi connectivity index (χ3v) is 4.15. The third kappa shape index (κ3) is 2.18. The summed E-state index contributed by atoms with van der Waals surface area (Å²) in [6, 6.07) is 3.27. The van der Waals surface area contributed by atoms with Crippen molar-refractivity contribution in [3.8, 4) is 0 Å². The number of benzene rings is 1. The van der Waals surface area contributed by atoms with E-state index in [1.54, 1.807) is 12.1 Å². The number of Topliss-reactive ketones (excluding diaryl/α,β-unsaturated/α-hetero) is 1. The van der Waals surface area contributed by atoms with E-state index in [-0.39, 0.29) is 16.9 Å². The Labute approximate surface area is 116 Å². The maximum Gasteiger partial charge on any atom is 0.340 e. The number of piperidine rings is 1. The lowest BCUT2D eigenvalue weighted by Gasteiger charge is -2.28. The standard InChI is InChI=1S/C15H17NO4/c1-16-6-4-9(5-7-16)8-10(17)13-11-2-3-12(20-11)14(13)15(18)19/h2-3,9H,4-8H2,1H3,(H,18,19). The summed E-state index contributed by atoms with van der Waals surface area (Å²) in [5, 5.41) is 9.23. The van der Waals surface area contributed by atoms with Gasteiger partial charge in [-0.25, -0.2) is 4.79 Å². The lowest BCUT2D eigenvalue weighted by molar-refractivity contribution is 0.0693. The van der Waals surface area contributed by atoms with Crippen LogP contribution in [-0.4, -0.2) is 41.9 Å². The quantitative estimate of drug-likeness (QED) is 0.868. The van der Waals surface area contributed by atoms with Crippen LogP contribution in [0.15, 0.2) is 16.5 Å². The van der Waals surface area contributed by atoms with Crippen LogP contribution in [0, 0.1) is 5.92 Å². The summed E-state index contributed by atoms with van der Waals surface area (Å²) in [7, 11) is 2.07. The zero-order valence-electron chi connectivity index (χ0n) is 11.4. The summed E-state index contributed by atoms with van der Waals surface area (Å²) >= 11 is 0. The molecule has 5 nitrogen and oxygen atoms in total. The molecule has 1 aliphatic heterocycles. The Morgan fingerprint density at radius 3 is 2.45 bits per heavy atom. The fourth-order valence-electron chi connectivity index (χ4n) is 2.97. The molecule has 1 N–H and O–H groups in total. The van der Waals surface area contributed by atoms with Crippen molar-refractivity contribution < 1.29 is 19.1 Å². The maximum absolute atomic E-state index is 12.4. The highest BCUT2D eigenvalue weighted by atomic mass is 16.4. The van der Waals surface area contributed by atoms with Gasteiger partial charge in [0.05, 0.1) is 5.56 Å². The number of ketones is 1. The number of likely N-dealkylation sites (tertiary alicyclic amines) is 1. The van der Waals surface area contributed by atoms with Gasteiger partial charge in [0, 0.05) is 6.42 Å². The summed E-state index contributed by atoms with van der Waals surface area (Å²) in [6.07, 6.45) is 2.38. The average Bonchev–Trinajstić information content (AvgIpc) is 3.01. The molecule has 1 aliphatic rings. The molecule has 0 unspecified atom stereocenters. The number of nitrogens with zero attached hydrogens (tertiary/aromatic N) is 1. The molecule has 106 valence electrons. The molecule has 20 heavy (non-hydrogen) atoms. The van der Waals surface area contributed by atoms with Crippen LogP contribution < -0.4 is 0 Å². The van der Waals surface area contributed by atoms with Gasteiger partial charge in [-0.05, 0) is 51.0 Å². The molecule has 3 heterocycles. The van der Waals surface area contributed by atoms with Crippen LogP contribution in [0.1, 0.15) is 40.0 Å². The number of fused-ring (bicyclic) bond motifs is 2. The monoisotopic (exact) mass is 275 g/mol. The van der Waals surface area contributed by atoms with Crippen molar-refractivity contribution in [2.75, 3.05) is 20.1 Å². The molecule has 2 bridgehead atoms. The minimum absolute atomic E-state index is 0.0282. The number of carbonyl (C=O) groups is 2. The highest BCUT2D eigenvalue weighted by molar-refractivity contribution is 6.15. The molecule has 1 saturated heterocycles. The van der Waals surface area contributed by atoms with E-state index in [0.29, 0.717) is 23.5 Å². The predicted molar refractivity (Wildman–Crippen MR) is 73.5 cm³/mol. The smallest absolute Gasteiger partial charge is 0.340 e. The molecule has 5 heteroatoms. The fourth-order valence-corrected chi connectivity index (χ4v) is 2.97. The average molecular weight is 275 g/mol. The molecule has 0 aliphatic carbocycles. The van der Waals surface area contributed by atoms with Gasteiger partial charge in [0.25, 0.3) is 0 Å². The number of hydrogen-bond donors (Lipinski definition) is 1. The zero-order chi connectivity index (χ0) is 14.3.